The van der Waals surface area contributed by atoms with Crippen LogP contribution in [0.4, 0.5) is 5.69 Å². The summed E-state index contributed by atoms with van der Waals surface area (Å²) in [6.45, 7) is 0. The highest BCUT2D eigenvalue weighted by molar-refractivity contribution is 6.01. The van der Waals surface area contributed by atoms with Crippen molar-refractivity contribution >= 4 is 17.6 Å². The Morgan fingerprint density at radius 2 is 2.14 bits per heavy atom. The zero-order valence-electron chi connectivity index (χ0n) is 11.1. The normalized spacial score (nSPS) is 20.4. The summed E-state index contributed by atoms with van der Waals surface area (Å²) in [6, 6.07) is 5.90. The van der Waals surface area contributed by atoms with Crippen LogP contribution in [0.5, 0.6) is 0 Å². The molecule has 0 fully saturated rings. The third-order valence-electron chi connectivity index (χ3n) is 3.29. The van der Waals surface area contributed by atoms with E-state index in [-0.39, 0.29) is 29.1 Å². The maximum atomic E-state index is 12.2. The molecule has 0 aliphatic heterocycles. The summed E-state index contributed by atoms with van der Waals surface area (Å²) in [7, 11) is 0. The smallest absolute Gasteiger partial charge is 0.337 e. The van der Waals surface area contributed by atoms with Gasteiger partial charge in [0.15, 0.2) is 0 Å². The van der Waals surface area contributed by atoms with E-state index in [1.165, 1.54) is 6.07 Å². The number of amides is 1. The van der Waals surface area contributed by atoms with E-state index < -0.39 is 5.97 Å². The summed E-state index contributed by atoms with van der Waals surface area (Å²) in [5, 5.41) is 15.3. The Morgan fingerprint density at radius 3 is 2.86 bits per heavy atom. The third-order valence-corrected chi connectivity index (χ3v) is 3.29. The first-order valence-corrected chi connectivity index (χ1v) is 6.46. The number of allylic oxidation sites excluding steroid dienone is 1. The second-order valence-corrected chi connectivity index (χ2v) is 4.71. The van der Waals surface area contributed by atoms with Crippen molar-refractivity contribution in [2.45, 2.75) is 18.9 Å². The van der Waals surface area contributed by atoms with Crippen LogP contribution in [-0.2, 0) is 4.79 Å². The van der Waals surface area contributed by atoms with Crippen LogP contribution < -0.4 is 5.32 Å². The number of rotatable bonds is 4. The van der Waals surface area contributed by atoms with Gasteiger partial charge in [0.1, 0.15) is 0 Å². The summed E-state index contributed by atoms with van der Waals surface area (Å²) >= 11 is 0. The fourth-order valence-electron chi connectivity index (χ4n) is 2.25. The van der Waals surface area contributed by atoms with Crippen molar-refractivity contribution in [2.75, 3.05) is 5.32 Å². The van der Waals surface area contributed by atoms with Gasteiger partial charge in [0.05, 0.1) is 17.3 Å². The number of anilines is 1. The molecule has 0 saturated heterocycles. The van der Waals surface area contributed by atoms with E-state index in [4.69, 9.17) is 10.6 Å². The Kier molecular flexibility index (Phi) is 4.58. The molecule has 1 aromatic carbocycles. The number of carboxylic acids is 1. The molecule has 0 unspecified atom stereocenters. The maximum absolute atomic E-state index is 12.2. The summed E-state index contributed by atoms with van der Waals surface area (Å²) in [6.07, 6.45) is 4.53. The minimum Gasteiger partial charge on any atom is -0.478 e. The first-order valence-electron chi connectivity index (χ1n) is 6.46. The van der Waals surface area contributed by atoms with Crippen molar-refractivity contribution in [1.82, 2.24) is 0 Å². The molecule has 2 rings (SSSR count). The van der Waals surface area contributed by atoms with Crippen molar-refractivity contribution in [3.63, 3.8) is 0 Å². The molecule has 1 aliphatic carbocycles. The summed E-state index contributed by atoms with van der Waals surface area (Å²) < 4.78 is 0. The van der Waals surface area contributed by atoms with E-state index in [0.717, 1.165) is 0 Å². The Bertz CT molecular complexity index is 635. The lowest BCUT2D eigenvalue weighted by Gasteiger charge is -2.21. The van der Waals surface area contributed by atoms with Crippen LogP contribution in [-0.4, -0.2) is 23.0 Å². The fourth-order valence-corrected chi connectivity index (χ4v) is 2.25. The van der Waals surface area contributed by atoms with Crippen LogP contribution in [0, 0.1) is 5.92 Å². The zero-order chi connectivity index (χ0) is 15.2. The van der Waals surface area contributed by atoms with Gasteiger partial charge < -0.3 is 10.4 Å². The summed E-state index contributed by atoms with van der Waals surface area (Å²) in [4.78, 5) is 26.1. The SMILES string of the molecule is [N-]=[N+]=N[C@@H]1C=CC[C@@H](C(=O)Nc2ccccc2C(=O)O)C1. The van der Waals surface area contributed by atoms with Gasteiger partial charge in [0, 0.05) is 10.8 Å². The van der Waals surface area contributed by atoms with Gasteiger partial charge in [0.2, 0.25) is 5.91 Å². The first-order chi connectivity index (χ1) is 10.1. The fraction of sp³-hybridized carbons (Fsp3) is 0.286. The van der Waals surface area contributed by atoms with Crippen LogP contribution in [0.2, 0.25) is 0 Å². The summed E-state index contributed by atoms with van der Waals surface area (Å²) in [5.74, 6) is -1.71. The topological polar surface area (TPSA) is 115 Å². The average molecular weight is 286 g/mol. The van der Waals surface area contributed by atoms with Gasteiger partial charge in [-0.05, 0) is 30.5 Å². The van der Waals surface area contributed by atoms with Crippen LogP contribution >= 0.6 is 0 Å². The van der Waals surface area contributed by atoms with Crippen molar-refractivity contribution in [1.29, 1.82) is 0 Å². The predicted molar refractivity (Wildman–Crippen MR) is 76.8 cm³/mol. The number of azide groups is 1. The van der Waals surface area contributed by atoms with Gasteiger partial charge in [-0.3, -0.25) is 4.79 Å². The molecule has 7 heteroatoms. The molecular formula is C14H14N4O3. The number of carboxylic acid groups (broad SMARTS) is 1. The van der Waals surface area contributed by atoms with Gasteiger partial charge in [-0.25, -0.2) is 4.79 Å². The van der Waals surface area contributed by atoms with Crippen molar-refractivity contribution in [3.05, 3.63) is 52.4 Å². The standard InChI is InChI=1S/C14H14N4O3/c15-18-17-10-5-3-4-9(8-10)13(19)16-12-7-2-1-6-11(12)14(20)21/h1-3,5-7,9-10H,4,8H2,(H,16,19)(H,20,21)/t9-,10-/m1/s1. The van der Waals surface area contributed by atoms with Gasteiger partial charge in [0.25, 0.3) is 0 Å². The van der Waals surface area contributed by atoms with Crippen molar-refractivity contribution in [3.8, 4) is 0 Å². The van der Waals surface area contributed by atoms with Gasteiger partial charge in [-0.15, -0.1) is 0 Å². The number of nitrogens with one attached hydrogen (secondary N) is 1. The lowest BCUT2D eigenvalue weighted by Crippen LogP contribution is -2.28. The quantitative estimate of drug-likeness (QED) is 0.383. The molecule has 0 radical (unpaired) electrons. The molecular weight excluding hydrogens is 272 g/mol. The Balaban J connectivity index is 2.10. The monoisotopic (exact) mass is 286 g/mol. The van der Waals surface area contributed by atoms with Crippen molar-refractivity contribution < 1.29 is 14.7 Å². The average Bonchev–Trinajstić information content (AvgIpc) is 2.48. The van der Waals surface area contributed by atoms with Crippen LogP contribution in [0.3, 0.4) is 0 Å². The number of nitrogens with zero attached hydrogens (tertiary/aromatic N) is 3. The summed E-state index contributed by atoms with van der Waals surface area (Å²) in [5.41, 5.74) is 8.75. The molecule has 108 valence electrons. The molecule has 0 spiro atoms. The number of para-hydroxylation sites is 1. The Morgan fingerprint density at radius 1 is 1.38 bits per heavy atom. The molecule has 2 N–H and O–H groups in total. The second kappa shape index (κ2) is 6.58. The van der Waals surface area contributed by atoms with Crippen LogP contribution in [0.15, 0.2) is 41.5 Å². The van der Waals surface area contributed by atoms with E-state index in [1.54, 1.807) is 30.4 Å². The molecule has 1 amide bonds. The number of hydrogen-bond acceptors (Lipinski definition) is 3. The molecule has 0 aromatic heterocycles. The highest BCUT2D eigenvalue weighted by atomic mass is 16.4. The lowest BCUT2D eigenvalue weighted by atomic mass is 9.90. The minimum atomic E-state index is -1.10. The van der Waals surface area contributed by atoms with E-state index >= 15 is 0 Å². The van der Waals surface area contributed by atoms with Crippen LogP contribution in [0.25, 0.3) is 10.4 Å². The van der Waals surface area contributed by atoms with Crippen LogP contribution in [0.1, 0.15) is 23.2 Å². The first kappa shape index (κ1) is 14.6. The maximum Gasteiger partial charge on any atom is 0.337 e. The predicted octanol–water partition coefficient (Wildman–Crippen LogP) is 2.97. The van der Waals surface area contributed by atoms with Crippen molar-refractivity contribution in [2.24, 2.45) is 11.0 Å². The number of aromatic carboxylic acids is 1. The molecule has 2 atom stereocenters. The second-order valence-electron chi connectivity index (χ2n) is 4.71. The third kappa shape index (κ3) is 3.61. The molecule has 0 saturated carbocycles. The number of carbonyl (C=O) groups excluding carboxylic acids is 1. The number of hydrogen-bond donors (Lipinski definition) is 2. The number of carbonyl (C=O) groups is 2. The molecule has 7 nitrogen and oxygen atoms in total. The number of benzene rings is 1. The minimum absolute atomic E-state index is 0.0452. The van der Waals surface area contributed by atoms with E-state index in [1.807, 2.05) is 0 Å². The molecule has 1 aliphatic rings. The lowest BCUT2D eigenvalue weighted by molar-refractivity contribution is -0.120. The molecule has 1 aromatic rings. The Hall–Kier alpha value is -2.79. The largest absolute Gasteiger partial charge is 0.478 e. The highest BCUT2D eigenvalue weighted by Crippen LogP contribution is 2.24. The zero-order valence-corrected chi connectivity index (χ0v) is 11.1. The molecule has 0 bridgehead atoms. The van der Waals surface area contributed by atoms with E-state index in [0.29, 0.717) is 12.8 Å². The van der Waals surface area contributed by atoms with Gasteiger partial charge in [-0.1, -0.05) is 29.4 Å². The molecule has 0 heterocycles. The van der Waals surface area contributed by atoms with E-state index in [2.05, 4.69) is 15.3 Å². The molecule has 21 heavy (non-hydrogen) atoms. The Labute approximate surface area is 120 Å². The van der Waals surface area contributed by atoms with E-state index in [9.17, 15) is 9.59 Å². The van der Waals surface area contributed by atoms with Gasteiger partial charge >= 0.3 is 5.97 Å². The van der Waals surface area contributed by atoms with Gasteiger partial charge in [-0.2, -0.15) is 0 Å². The highest BCUT2D eigenvalue weighted by Gasteiger charge is 2.24.